The molecule has 2 aromatic rings. The Balaban J connectivity index is 1.86. The van der Waals surface area contributed by atoms with E-state index < -0.39 is 71.8 Å². The summed E-state index contributed by atoms with van der Waals surface area (Å²) in [4.78, 5) is 88.3. The Morgan fingerprint density at radius 1 is 0.909 bits per heavy atom. The minimum atomic E-state index is -1.16. The van der Waals surface area contributed by atoms with E-state index in [2.05, 4.69) is 31.2 Å². The number of carbonyl (C=O) groups excluding carboxylic acids is 6. The van der Waals surface area contributed by atoms with Gasteiger partial charge in [-0.25, -0.2) is 4.98 Å². The number of hydrogen-bond donors (Lipinski definition) is 7. The number of primary amides is 1. The molecule has 55 heavy (non-hydrogen) atoms. The van der Waals surface area contributed by atoms with Gasteiger partial charge in [-0.15, -0.1) is 0 Å². The maximum absolute atomic E-state index is 14.2. The molecule has 0 radical (unpaired) electrons. The van der Waals surface area contributed by atoms with Gasteiger partial charge in [-0.2, -0.15) is 0 Å². The van der Waals surface area contributed by atoms with Crippen molar-refractivity contribution in [3.63, 3.8) is 0 Å². The molecule has 0 spiro atoms. The normalized spacial score (nSPS) is 18.1. The highest BCUT2D eigenvalue weighted by molar-refractivity contribution is 5.94. The van der Waals surface area contributed by atoms with Crippen molar-refractivity contribution in [1.82, 2.24) is 36.1 Å². The summed E-state index contributed by atoms with van der Waals surface area (Å²) in [5.41, 5.74) is 6.96. The van der Waals surface area contributed by atoms with Crippen LogP contribution >= 0.6 is 0 Å². The number of aliphatic hydroxyl groups excluding tert-OH is 1. The van der Waals surface area contributed by atoms with Crippen LogP contribution < -0.4 is 27.0 Å². The first-order valence-corrected chi connectivity index (χ1v) is 19.5. The Bertz CT molecular complexity index is 1570. The van der Waals surface area contributed by atoms with Crippen molar-refractivity contribution < 1.29 is 33.9 Å². The van der Waals surface area contributed by atoms with Crippen LogP contribution in [0.2, 0.25) is 0 Å². The van der Waals surface area contributed by atoms with Crippen LogP contribution in [-0.2, 0) is 41.6 Å². The van der Waals surface area contributed by atoms with Crippen LogP contribution in [0, 0.1) is 23.7 Å². The van der Waals surface area contributed by atoms with Gasteiger partial charge in [0, 0.05) is 44.1 Å². The SMILES string of the molecule is CC[C@H](C)[C@H](NC(=O)[C@@H](CC(O)[C@H](CC(C)C)NC(=O)[C@H](Cc1cnc[nH]1)NC(=O)[C@H](Cc1ccccc1)NC(=O)[C@@H]1CCCN1C(C)=O)C(C)C)C(N)=O. The number of aromatic nitrogens is 2. The number of likely N-dealkylation sites (tertiary alicyclic amines) is 1. The average Bonchev–Trinajstić information content (AvgIpc) is 3.84. The van der Waals surface area contributed by atoms with Gasteiger partial charge in [0.2, 0.25) is 35.4 Å². The number of benzene rings is 1. The van der Waals surface area contributed by atoms with E-state index in [1.54, 1.807) is 0 Å². The molecule has 8 atom stereocenters. The quantitative estimate of drug-likeness (QED) is 0.0988. The number of rotatable bonds is 21. The second-order valence-corrected chi connectivity index (χ2v) is 15.6. The largest absolute Gasteiger partial charge is 0.391 e. The predicted octanol–water partition coefficient (Wildman–Crippen LogP) is 1.75. The van der Waals surface area contributed by atoms with Gasteiger partial charge in [-0.3, -0.25) is 28.8 Å². The minimum absolute atomic E-state index is 0.00560. The molecule has 0 saturated carbocycles. The summed E-state index contributed by atoms with van der Waals surface area (Å²) in [5.74, 6) is -3.97. The number of carbonyl (C=O) groups is 6. The molecule has 6 amide bonds. The second-order valence-electron chi connectivity index (χ2n) is 15.6. The van der Waals surface area contributed by atoms with E-state index in [1.165, 1.54) is 24.3 Å². The fraction of sp³-hybridized carbons (Fsp3) is 0.625. The van der Waals surface area contributed by atoms with Crippen molar-refractivity contribution in [3.05, 3.63) is 54.1 Å². The Kier molecular flexibility index (Phi) is 17.3. The lowest BCUT2D eigenvalue weighted by Crippen LogP contribution is -2.59. The zero-order valence-electron chi connectivity index (χ0n) is 33.3. The highest BCUT2D eigenvalue weighted by Gasteiger charge is 2.37. The van der Waals surface area contributed by atoms with Gasteiger partial charge in [-0.05, 0) is 49.0 Å². The van der Waals surface area contributed by atoms with Gasteiger partial charge in [0.05, 0.1) is 18.5 Å². The fourth-order valence-electron chi connectivity index (χ4n) is 7.04. The molecule has 1 fully saturated rings. The fourth-order valence-corrected chi connectivity index (χ4v) is 7.04. The van der Waals surface area contributed by atoms with E-state index in [9.17, 15) is 33.9 Å². The molecule has 304 valence electrons. The molecule has 15 nitrogen and oxygen atoms in total. The molecule has 1 saturated heterocycles. The van der Waals surface area contributed by atoms with Gasteiger partial charge in [0.25, 0.3) is 0 Å². The highest BCUT2D eigenvalue weighted by atomic mass is 16.3. The van der Waals surface area contributed by atoms with Crippen LogP contribution in [0.1, 0.15) is 91.8 Å². The summed E-state index contributed by atoms with van der Waals surface area (Å²) in [7, 11) is 0. The molecule has 1 aromatic heterocycles. The third-order valence-corrected chi connectivity index (χ3v) is 10.5. The van der Waals surface area contributed by atoms with Crippen molar-refractivity contribution >= 4 is 35.4 Å². The van der Waals surface area contributed by atoms with Gasteiger partial charge < -0.3 is 42.0 Å². The zero-order valence-corrected chi connectivity index (χ0v) is 33.3. The summed E-state index contributed by atoms with van der Waals surface area (Å²) < 4.78 is 0. The number of aliphatic hydroxyl groups is 1. The third kappa shape index (κ3) is 13.5. The first-order chi connectivity index (χ1) is 26.0. The molecular weight excluding hydrogens is 704 g/mol. The van der Waals surface area contributed by atoms with Crippen LogP contribution in [0.15, 0.2) is 42.9 Å². The van der Waals surface area contributed by atoms with E-state index in [0.29, 0.717) is 37.9 Å². The smallest absolute Gasteiger partial charge is 0.243 e. The van der Waals surface area contributed by atoms with Crippen molar-refractivity contribution in [3.8, 4) is 0 Å². The summed E-state index contributed by atoms with van der Waals surface area (Å²) in [6, 6.07) is 4.55. The van der Waals surface area contributed by atoms with Gasteiger partial charge in [0.1, 0.15) is 24.2 Å². The lowest BCUT2D eigenvalue weighted by Gasteiger charge is -2.32. The van der Waals surface area contributed by atoms with E-state index >= 15 is 0 Å². The Morgan fingerprint density at radius 3 is 2.13 bits per heavy atom. The van der Waals surface area contributed by atoms with Crippen LogP contribution in [-0.4, -0.2) is 98.3 Å². The van der Waals surface area contributed by atoms with Gasteiger partial charge >= 0.3 is 0 Å². The Labute approximate surface area is 324 Å². The molecule has 1 aromatic carbocycles. The summed E-state index contributed by atoms with van der Waals surface area (Å²) in [6.07, 6.45) is 4.10. The summed E-state index contributed by atoms with van der Waals surface area (Å²) in [6.45, 7) is 13.2. The molecule has 3 rings (SSSR count). The van der Waals surface area contributed by atoms with E-state index in [-0.39, 0.29) is 42.9 Å². The van der Waals surface area contributed by atoms with Crippen LogP contribution in [0.3, 0.4) is 0 Å². The first-order valence-electron chi connectivity index (χ1n) is 19.5. The second kappa shape index (κ2) is 21.3. The lowest BCUT2D eigenvalue weighted by molar-refractivity contribution is -0.138. The molecule has 0 bridgehead atoms. The molecule has 1 unspecified atom stereocenters. The highest BCUT2D eigenvalue weighted by Crippen LogP contribution is 2.23. The van der Waals surface area contributed by atoms with Crippen LogP contribution in [0.25, 0.3) is 0 Å². The third-order valence-electron chi connectivity index (χ3n) is 10.5. The number of imidazole rings is 1. The molecule has 2 heterocycles. The molecular formula is C40H62N8O7. The number of nitrogens with zero attached hydrogens (tertiary/aromatic N) is 2. The summed E-state index contributed by atoms with van der Waals surface area (Å²) >= 11 is 0. The van der Waals surface area contributed by atoms with Crippen LogP contribution in [0.4, 0.5) is 0 Å². The van der Waals surface area contributed by atoms with E-state index in [4.69, 9.17) is 5.73 Å². The number of H-pyrrole nitrogens is 1. The minimum Gasteiger partial charge on any atom is -0.391 e. The van der Waals surface area contributed by atoms with Crippen molar-refractivity contribution in [1.29, 1.82) is 0 Å². The molecule has 15 heteroatoms. The number of aromatic amines is 1. The van der Waals surface area contributed by atoms with Gasteiger partial charge in [-0.1, -0.05) is 78.3 Å². The number of hydrogen-bond acceptors (Lipinski definition) is 8. The maximum atomic E-state index is 14.2. The van der Waals surface area contributed by atoms with E-state index in [0.717, 1.165) is 5.56 Å². The van der Waals surface area contributed by atoms with Crippen LogP contribution in [0.5, 0.6) is 0 Å². The molecule has 1 aliphatic rings. The van der Waals surface area contributed by atoms with Crippen molar-refractivity contribution in [2.75, 3.05) is 6.54 Å². The first kappa shape index (κ1) is 44.6. The Hall–Kier alpha value is -4.79. The van der Waals surface area contributed by atoms with E-state index in [1.807, 2.05) is 71.9 Å². The molecule has 8 N–H and O–H groups in total. The monoisotopic (exact) mass is 766 g/mol. The maximum Gasteiger partial charge on any atom is 0.243 e. The molecule has 1 aliphatic heterocycles. The number of nitrogens with one attached hydrogen (secondary N) is 5. The standard InChI is InChI=1S/C40H62N8O7/c1-8-25(6)35(36(41)51)47-37(52)29(24(4)5)20-34(50)30(17-23(2)3)44-39(54)32(19-28-21-42-22-43-28)45-38(53)31(18-27-13-10-9-11-14-27)46-40(55)33-15-12-16-48(33)26(7)49/h9-11,13-14,21-25,29-35,50H,8,12,15-20H2,1-7H3,(H2,41,51)(H,42,43)(H,44,54)(H,45,53)(H,46,55)(H,47,52)/t25-,29-,30-,31-,32-,33-,34?,35-/m0/s1. The number of amides is 6. The predicted molar refractivity (Wildman–Crippen MR) is 208 cm³/mol. The van der Waals surface area contributed by atoms with Crippen molar-refractivity contribution in [2.24, 2.45) is 29.4 Å². The Morgan fingerprint density at radius 2 is 1.56 bits per heavy atom. The zero-order chi connectivity index (χ0) is 40.8. The average molecular weight is 767 g/mol. The lowest BCUT2D eigenvalue weighted by atomic mass is 9.85. The summed E-state index contributed by atoms with van der Waals surface area (Å²) in [5, 5.41) is 23.1. The topological polar surface area (TPSA) is 229 Å². The molecule has 0 aliphatic carbocycles. The van der Waals surface area contributed by atoms with Gasteiger partial charge in [0.15, 0.2) is 0 Å². The van der Waals surface area contributed by atoms with Crippen molar-refractivity contribution in [2.45, 2.75) is 130 Å². The number of nitrogens with two attached hydrogens (primary N) is 1.